The lowest BCUT2D eigenvalue weighted by Gasteiger charge is -2.42. The average Bonchev–Trinajstić information content (AvgIpc) is 3.01. The number of piperidine rings is 1. The van der Waals surface area contributed by atoms with Gasteiger partial charge in [0.15, 0.2) is 0 Å². The maximum atomic E-state index is 13.8. The van der Waals surface area contributed by atoms with Crippen LogP contribution in [0.4, 0.5) is 4.79 Å². The molecule has 1 spiro atoms. The highest BCUT2D eigenvalue weighted by atomic mass is 16.5. The fourth-order valence-electron chi connectivity index (χ4n) is 5.09. The van der Waals surface area contributed by atoms with Crippen molar-refractivity contribution in [2.24, 2.45) is 5.92 Å². The van der Waals surface area contributed by atoms with Crippen LogP contribution in [0.25, 0.3) is 0 Å². The van der Waals surface area contributed by atoms with E-state index in [9.17, 15) is 9.59 Å². The summed E-state index contributed by atoms with van der Waals surface area (Å²) < 4.78 is 5.33. The highest BCUT2D eigenvalue weighted by molar-refractivity contribution is 6.07. The molecule has 0 N–H and O–H groups in total. The molecule has 2 aliphatic heterocycles. The predicted molar refractivity (Wildman–Crippen MR) is 134 cm³/mol. The number of ether oxygens (including phenoxy) is 1. The van der Waals surface area contributed by atoms with Gasteiger partial charge >= 0.3 is 6.03 Å². The van der Waals surface area contributed by atoms with E-state index in [0.717, 1.165) is 37.4 Å². The van der Waals surface area contributed by atoms with Gasteiger partial charge in [-0.25, -0.2) is 4.79 Å². The topological polar surface area (TPSA) is 53.1 Å². The molecular formula is C28H37N3O3. The molecule has 0 atom stereocenters. The van der Waals surface area contributed by atoms with E-state index in [1.165, 1.54) is 16.0 Å². The van der Waals surface area contributed by atoms with Crippen molar-refractivity contribution in [3.63, 3.8) is 0 Å². The molecule has 0 bridgehead atoms. The monoisotopic (exact) mass is 463 g/mol. The van der Waals surface area contributed by atoms with Crippen molar-refractivity contribution in [1.82, 2.24) is 14.7 Å². The van der Waals surface area contributed by atoms with Crippen LogP contribution in [-0.2, 0) is 17.9 Å². The van der Waals surface area contributed by atoms with Crippen LogP contribution in [-0.4, -0.2) is 58.9 Å². The van der Waals surface area contributed by atoms with Gasteiger partial charge in [0.2, 0.25) is 0 Å². The molecule has 34 heavy (non-hydrogen) atoms. The van der Waals surface area contributed by atoms with Gasteiger partial charge in [-0.1, -0.05) is 55.8 Å². The average molecular weight is 464 g/mol. The Balaban J connectivity index is 1.52. The first-order valence-electron chi connectivity index (χ1n) is 12.4. The van der Waals surface area contributed by atoms with Gasteiger partial charge in [-0.3, -0.25) is 14.6 Å². The molecule has 3 amide bonds. The first kappa shape index (κ1) is 24.3. The van der Waals surface area contributed by atoms with E-state index in [1.807, 2.05) is 29.2 Å². The molecule has 2 saturated heterocycles. The number of aryl methyl sites for hydroxylation is 1. The summed E-state index contributed by atoms with van der Waals surface area (Å²) in [4.78, 5) is 33.1. The van der Waals surface area contributed by atoms with Crippen LogP contribution in [0.15, 0.2) is 48.5 Å². The normalized spacial score (nSPS) is 18.4. The van der Waals surface area contributed by atoms with Gasteiger partial charge in [0.25, 0.3) is 5.91 Å². The number of carbonyl (C=O) groups excluding carboxylic acids is 2. The van der Waals surface area contributed by atoms with Crippen LogP contribution >= 0.6 is 0 Å². The first-order chi connectivity index (χ1) is 16.3. The minimum absolute atomic E-state index is 0.0425. The maximum Gasteiger partial charge on any atom is 0.327 e. The third-order valence-corrected chi connectivity index (χ3v) is 7.24. The van der Waals surface area contributed by atoms with Crippen molar-refractivity contribution in [3.8, 4) is 5.75 Å². The number of hydrogen-bond acceptors (Lipinski definition) is 4. The lowest BCUT2D eigenvalue weighted by Crippen LogP contribution is -2.56. The van der Waals surface area contributed by atoms with E-state index < -0.39 is 5.54 Å². The number of nitrogens with zero attached hydrogens (tertiary/aromatic N) is 3. The molecule has 2 aromatic rings. The van der Waals surface area contributed by atoms with E-state index >= 15 is 0 Å². The lowest BCUT2D eigenvalue weighted by atomic mass is 9.85. The van der Waals surface area contributed by atoms with Crippen molar-refractivity contribution in [2.75, 3.05) is 26.7 Å². The Hall–Kier alpha value is -2.86. The van der Waals surface area contributed by atoms with Crippen LogP contribution in [0.1, 0.15) is 49.8 Å². The fraction of sp³-hybridized carbons (Fsp3) is 0.500. The van der Waals surface area contributed by atoms with Gasteiger partial charge < -0.3 is 9.64 Å². The van der Waals surface area contributed by atoms with E-state index in [-0.39, 0.29) is 18.5 Å². The molecule has 6 heteroatoms. The van der Waals surface area contributed by atoms with Crippen molar-refractivity contribution in [2.45, 2.75) is 58.7 Å². The standard InChI is InChI=1S/C28H37N3O3/c1-21(2)12-15-31-27(33)30(20-24-6-5-7-25(18-24)34-4)26(32)28(31)13-16-29(17-14-28)19-23-10-8-22(3)9-11-23/h5-11,18,21H,12-17,19-20H2,1-4H3. The summed E-state index contributed by atoms with van der Waals surface area (Å²) in [7, 11) is 1.62. The van der Waals surface area contributed by atoms with E-state index in [4.69, 9.17) is 4.74 Å². The van der Waals surface area contributed by atoms with Gasteiger partial charge in [0.05, 0.1) is 13.7 Å². The van der Waals surface area contributed by atoms with Crippen molar-refractivity contribution in [3.05, 3.63) is 65.2 Å². The van der Waals surface area contributed by atoms with Crippen molar-refractivity contribution in [1.29, 1.82) is 0 Å². The molecule has 0 aliphatic carbocycles. The smallest absolute Gasteiger partial charge is 0.327 e. The molecule has 6 nitrogen and oxygen atoms in total. The van der Waals surface area contributed by atoms with Gasteiger partial charge in [-0.2, -0.15) is 0 Å². The number of urea groups is 1. The fourth-order valence-corrected chi connectivity index (χ4v) is 5.09. The molecular weight excluding hydrogens is 426 g/mol. The molecule has 0 aromatic heterocycles. The molecule has 0 unspecified atom stereocenters. The van der Waals surface area contributed by atoms with Gasteiger partial charge in [0, 0.05) is 26.2 Å². The molecule has 0 saturated carbocycles. The first-order valence-corrected chi connectivity index (χ1v) is 12.4. The number of amides is 3. The van der Waals surface area contributed by atoms with Gasteiger partial charge in [-0.15, -0.1) is 0 Å². The number of imide groups is 1. The SMILES string of the molecule is COc1cccc(CN2C(=O)N(CCC(C)C)C3(CCN(Cc4ccc(C)cc4)CC3)C2=O)c1. The summed E-state index contributed by atoms with van der Waals surface area (Å²) in [6, 6.07) is 16.1. The number of rotatable bonds is 8. The Morgan fingerprint density at radius 2 is 1.68 bits per heavy atom. The quantitative estimate of drug-likeness (QED) is 0.525. The third-order valence-electron chi connectivity index (χ3n) is 7.24. The molecule has 2 aromatic carbocycles. The molecule has 0 radical (unpaired) electrons. The summed E-state index contributed by atoms with van der Waals surface area (Å²) in [6.07, 6.45) is 2.24. The number of methoxy groups -OCH3 is 1. The minimum Gasteiger partial charge on any atom is -0.497 e. The summed E-state index contributed by atoms with van der Waals surface area (Å²) >= 11 is 0. The minimum atomic E-state index is -0.728. The van der Waals surface area contributed by atoms with Crippen molar-refractivity contribution < 1.29 is 14.3 Å². The Morgan fingerprint density at radius 1 is 0.971 bits per heavy atom. The van der Waals surface area contributed by atoms with E-state index in [2.05, 4.69) is 49.9 Å². The number of benzene rings is 2. The van der Waals surface area contributed by atoms with Crippen LogP contribution in [0, 0.1) is 12.8 Å². The van der Waals surface area contributed by atoms with Gasteiger partial charge in [0.1, 0.15) is 11.3 Å². The Labute approximate surface area is 203 Å². The van der Waals surface area contributed by atoms with Crippen molar-refractivity contribution >= 4 is 11.9 Å². The van der Waals surface area contributed by atoms with Crippen LogP contribution in [0.3, 0.4) is 0 Å². The summed E-state index contributed by atoms with van der Waals surface area (Å²) in [6.45, 7) is 9.80. The van der Waals surface area contributed by atoms with E-state index in [1.54, 1.807) is 7.11 Å². The molecule has 4 rings (SSSR count). The summed E-state index contributed by atoms with van der Waals surface area (Å²) in [5.74, 6) is 1.15. The Bertz CT molecular complexity index is 1010. The molecule has 2 aliphatic rings. The number of carbonyl (C=O) groups is 2. The molecule has 2 heterocycles. The second kappa shape index (κ2) is 10.2. The number of likely N-dealkylation sites (tertiary alicyclic amines) is 1. The summed E-state index contributed by atoms with van der Waals surface area (Å²) in [5, 5.41) is 0. The molecule has 182 valence electrons. The van der Waals surface area contributed by atoms with Crippen LogP contribution < -0.4 is 4.74 Å². The Kier molecular flexibility index (Phi) is 7.27. The largest absolute Gasteiger partial charge is 0.497 e. The zero-order valence-electron chi connectivity index (χ0n) is 20.9. The lowest BCUT2D eigenvalue weighted by molar-refractivity contribution is -0.136. The van der Waals surface area contributed by atoms with E-state index in [0.29, 0.717) is 25.3 Å². The second-order valence-corrected chi connectivity index (χ2v) is 10.2. The van der Waals surface area contributed by atoms with Crippen LogP contribution in [0.2, 0.25) is 0 Å². The van der Waals surface area contributed by atoms with Crippen LogP contribution in [0.5, 0.6) is 5.75 Å². The zero-order valence-corrected chi connectivity index (χ0v) is 20.9. The number of hydrogen-bond donors (Lipinski definition) is 0. The molecule has 2 fully saturated rings. The highest BCUT2D eigenvalue weighted by Crippen LogP contribution is 2.39. The second-order valence-electron chi connectivity index (χ2n) is 10.2. The van der Waals surface area contributed by atoms with Gasteiger partial charge in [-0.05, 0) is 55.4 Å². The summed E-state index contributed by atoms with van der Waals surface area (Å²) in [5.41, 5.74) is 2.72. The zero-order chi connectivity index (χ0) is 24.3. The predicted octanol–water partition coefficient (Wildman–Crippen LogP) is 4.85. The maximum absolute atomic E-state index is 13.8. The third kappa shape index (κ3) is 4.97. The highest BCUT2D eigenvalue weighted by Gasteiger charge is 2.57. The Morgan fingerprint density at radius 3 is 2.32 bits per heavy atom.